The maximum Gasteiger partial charge on any atom is 0.0581 e. The third kappa shape index (κ3) is 1.93. The third-order valence-corrected chi connectivity index (χ3v) is 9.20. The molecular weight excluding hydrogens is 268 g/mol. The summed E-state index contributed by atoms with van der Waals surface area (Å²) in [7, 11) is 0. The van der Waals surface area contributed by atoms with Crippen LogP contribution in [0, 0.1) is 40.4 Å². The number of hydrogen-bond donors (Lipinski definition) is 1. The Bertz CT molecular complexity index is 432. The summed E-state index contributed by atoms with van der Waals surface area (Å²) in [6, 6.07) is 0. The lowest BCUT2D eigenvalue weighted by Crippen LogP contribution is -2.58. The molecule has 0 aliphatic heterocycles. The molecule has 1 nitrogen and oxygen atoms in total. The zero-order chi connectivity index (χ0) is 15.5. The van der Waals surface area contributed by atoms with Crippen molar-refractivity contribution in [3.63, 3.8) is 0 Å². The fraction of sp³-hybridized carbons (Fsp3) is 1.00. The first-order valence-electron chi connectivity index (χ1n) is 10.2. The average Bonchev–Trinajstić information content (AvgIpc) is 2.82. The van der Waals surface area contributed by atoms with E-state index >= 15 is 0 Å². The molecule has 0 aromatic carbocycles. The molecule has 0 amide bonds. The summed E-state index contributed by atoms with van der Waals surface area (Å²) in [5.41, 5.74) is 0.888. The van der Waals surface area contributed by atoms with Gasteiger partial charge in [-0.25, -0.2) is 0 Å². The van der Waals surface area contributed by atoms with Gasteiger partial charge in [0.15, 0.2) is 0 Å². The molecule has 126 valence electrons. The van der Waals surface area contributed by atoms with E-state index in [1.807, 2.05) is 0 Å². The van der Waals surface area contributed by atoms with Crippen molar-refractivity contribution in [3.05, 3.63) is 0 Å². The second-order valence-corrected chi connectivity index (χ2v) is 9.78. The zero-order valence-corrected chi connectivity index (χ0v) is 15.0. The fourth-order valence-corrected chi connectivity index (χ4v) is 8.19. The molecule has 0 spiro atoms. The van der Waals surface area contributed by atoms with Crippen LogP contribution in [-0.4, -0.2) is 11.2 Å². The molecule has 4 fully saturated rings. The van der Waals surface area contributed by atoms with Crippen LogP contribution in [0.1, 0.15) is 85.0 Å². The second kappa shape index (κ2) is 5.23. The molecule has 1 heteroatoms. The summed E-state index contributed by atoms with van der Waals surface area (Å²) >= 11 is 0. The molecule has 4 saturated carbocycles. The number of aliphatic hydroxyl groups is 1. The van der Waals surface area contributed by atoms with Gasteiger partial charge in [0.2, 0.25) is 0 Å². The Hall–Kier alpha value is -0.0400. The molecular formula is C21H36O. The van der Waals surface area contributed by atoms with Crippen LogP contribution < -0.4 is 0 Å². The van der Waals surface area contributed by atoms with Gasteiger partial charge in [0, 0.05) is 0 Å². The standard InChI is InChI=1S/C21H36O/c1-4-14-9-11-17-16-10-8-15-7-5-6-12-20(15,2)19(16)18(22)13-21(14,17)3/h14-19,22H,4-13H2,1-3H3/t14-,15-,16-,17-,18+,19+,20-,21+/m0/s1. The predicted octanol–water partition coefficient (Wildman–Crippen LogP) is 5.42. The van der Waals surface area contributed by atoms with Crippen molar-refractivity contribution in [1.29, 1.82) is 0 Å². The van der Waals surface area contributed by atoms with Gasteiger partial charge < -0.3 is 5.11 Å². The number of aliphatic hydroxyl groups excluding tert-OH is 1. The van der Waals surface area contributed by atoms with E-state index in [1.54, 1.807) is 0 Å². The zero-order valence-electron chi connectivity index (χ0n) is 15.0. The van der Waals surface area contributed by atoms with E-state index in [9.17, 15) is 5.11 Å². The molecule has 4 aliphatic carbocycles. The molecule has 0 aromatic rings. The van der Waals surface area contributed by atoms with Crippen molar-refractivity contribution >= 4 is 0 Å². The Morgan fingerprint density at radius 2 is 1.77 bits per heavy atom. The quantitative estimate of drug-likeness (QED) is 0.686. The van der Waals surface area contributed by atoms with Gasteiger partial charge in [-0.3, -0.25) is 0 Å². The molecule has 0 radical (unpaired) electrons. The summed E-state index contributed by atoms with van der Waals surface area (Å²) < 4.78 is 0. The van der Waals surface area contributed by atoms with Gasteiger partial charge in [0.25, 0.3) is 0 Å². The monoisotopic (exact) mass is 304 g/mol. The highest BCUT2D eigenvalue weighted by Crippen LogP contribution is 2.67. The van der Waals surface area contributed by atoms with E-state index < -0.39 is 0 Å². The summed E-state index contributed by atoms with van der Waals surface area (Å²) in [6.07, 6.45) is 13.8. The Morgan fingerprint density at radius 1 is 0.955 bits per heavy atom. The van der Waals surface area contributed by atoms with Crippen molar-refractivity contribution in [2.24, 2.45) is 40.4 Å². The summed E-state index contributed by atoms with van der Waals surface area (Å²) in [4.78, 5) is 0. The van der Waals surface area contributed by atoms with Crippen LogP contribution in [0.2, 0.25) is 0 Å². The van der Waals surface area contributed by atoms with E-state index in [-0.39, 0.29) is 6.10 Å². The van der Waals surface area contributed by atoms with Crippen molar-refractivity contribution in [3.8, 4) is 0 Å². The number of rotatable bonds is 1. The molecule has 1 N–H and O–H groups in total. The first-order valence-corrected chi connectivity index (χ1v) is 10.2. The van der Waals surface area contributed by atoms with E-state index in [0.717, 1.165) is 30.1 Å². The number of hydrogen-bond acceptors (Lipinski definition) is 1. The van der Waals surface area contributed by atoms with Crippen LogP contribution in [-0.2, 0) is 0 Å². The van der Waals surface area contributed by atoms with Crippen molar-refractivity contribution in [2.75, 3.05) is 0 Å². The van der Waals surface area contributed by atoms with Crippen molar-refractivity contribution in [2.45, 2.75) is 91.1 Å². The Balaban J connectivity index is 1.68. The molecule has 0 unspecified atom stereocenters. The first-order chi connectivity index (χ1) is 10.5. The van der Waals surface area contributed by atoms with E-state index in [2.05, 4.69) is 20.8 Å². The van der Waals surface area contributed by atoms with Gasteiger partial charge in [0.1, 0.15) is 0 Å². The van der Waals surface area contributed by atoms with E-state index in [4.69, 9.17) is 0 Å². The largest absolute Gasteiger partial charge is 0.393 e. The van der Waals surface area contributed by atoms with E-state index in [1.165, 1.54) is 57.8 Å². The maximum atomic E-state index is 11.2. The van der Waals surface area contributed by atoms with Gasteiger partial charge in [-0.15, -0.1) is 0 Å². The molecule has 0 saturated heterocycles. The highest BCUT2D eigenvalue weighted by atomic mass is 16.3. The van der Waals surface area contributed by atoms with Gasteiger partial charge in [-0.05, 0) is 85.4 Å². The minimum Gasteiger partial charge on any atom is -0.393 e. The molecule has 22 heavy (non-hydrogen) atoms. The Labute approximate surface area is 137 Å². The predicted molar refractivity (Wildman–Crippen MR) is 91.5 cm³/mol. The van der Waals surface area contributed by atoms with Gasteiger partial charge >= 0.3 is 0 Å². The van der Waals surface area contributed by atoms with Crippen LogP contribution >= 0.6 is 0 Å². The molecule has 4 rings (SSSR count). The Kier molecular flexibility index (Phi) is 3.68. The second-order valence-electron chi connectivity index (χ2n) is 9.78. The smallest absolute Gasteiger partial charge is 0.0581 e. The lowest BCUT2D eigenvalue weighted by molar-refractivity contribution is -0.168. The summed E-state index contributed by atoms with van der Waals surface area (Å²) in [6.45, 7) is 7.47. The molecule has 8 atom stereocenters. The van der Waals surface area contributed by atoms with Gasteiger partial charge in [-0.2, -0.15) is 0 Å². The van der Waals surface area contributed by atoms with Crippen molar-refractivity contribution in [1.82, 2.24) is 0 Å². The van der Waals surface area contributed by atoms with Crippen LogP contribution in [0.3, 0.4) is 0 Å². The summed E-state index contributed by atoms with van der Waals surface area (Å²) in [5.74, 6) is 4.12. The third-order valence-electron chi connectivity index (χ3n) is 9.20. The molecule has 0 bridgehead atoms. The Morgan fingerprint density at radius 3 is 2.55 bits per heavy atom. The number of fused-ring (bicyclic) bond motifs is 5. The average molecular weight is 305 g/mol. The van der Waals surface area contributed by atoms with Crippen molar-refractivity contribution < 1.29 is 5.11 Å². The van der Waals surface area contributed by atoms with Crippen LogP contribution in [0.4, 0.5) is 0 Å². The SMILES string of the molecule is CC[C@H]1CC[C@H]2[C@@H]3CC[C@@H]4CCCC[C@]4(C)[C@H]3[C@H](O)C[C@]12C. The van der Waals surface area contributed by atoms with E-state index in [0.29, 0.717) is 16.7 Å². The van der Waals surface area contributed by atoms with Crippen LogP contribution in [0.15, 0.2) is 0 Å². The molecule has 0 heterocycles. The maximum absolute atomic E-state index is 11.2. The minimum absolute atomic E-state index is 0.0238. The first kappa shape index (κ1) is 15.5. The lowest BCUT2D eigenvalue weighted by Gasteiger charge is -2.62. The molecule has 0 aromatic heterocycles. The lowest BCUT2D eigenvalue weighted by atomic mass is 9.44. The fourth-order valence-electron chi connectivity index (χ4n) is 8.19. The minimum atomic E-state index is -0.0238. The topological polar surface area (TPSA) is 20.2 Å². The van der Waals surface area contributed by atoms with Crippen LogP contribution in [0.25, 0.3) is 0 Å². The normalized spacial score (nSPS) is 57.8. The highest BCUT2D eigenvalue weighted by Gasteiger charge is 2.62. The molecule has 4 aliphatic rings. The van der Waals surface area contributed by atoms with Crippen LogP contribution in [0.5, 0.6) is 0 Å². The summed E-state index contributed by atoms with van der Waals surface area (Å²) in [5, 5.41) is 11.2. The van der Waals surface area contributed by atoms with Gasteiger partial charge in [0.05, 0.1) is 6.10 Å². The van der Waals surface area contributed by atoms with Gasteiger partial charge in [-0.1, -0.05) is 40.0 Å². The highest BCUT2D eigenvalue weighted by molar-refractivity contribution is 5.11.